The van der Waals surface area contributed by atoms with Crippen molar-refractivity contribution in [1.82, 2.24) is 14.8 Å². The Morgan fingerprint density at radius 3 is 2.36 bits per heavy atom. The van der Waals surface area contributed by atoms with Gasteiger partial charge in [0.15, 0.2) is 0 Å². The summed E-state index contributed by atoms with van der Waals surface area (Å²) in [7, 11) is 11.7. The summed E-state index contributed by atoms with van der Waals surface area (Å²) in [6.07, 6.45) is 3.22. The predicted molar refractivity (Wildman–Crippen MR) is 205 cm³/mol. The van der Waals surface area contributed by atoms with Gasteiger partial charge in [0.05, 0.1) is 13.2 Å². The summed E-state index contributed by atoms with van der Waals surface area (Å²) >= 11 is 0. The number of aryl methyl sites for hydroxylation is 1. The molecule has 10 nitrogen and oxygen atoms in total. The number of nitrogens with one attached hydrogen (secondary N) is 1. The molecule has 2 aromatic rings. The molecular formula is C40H56N5O5+. The zero-order valence-corrected chi connectivity index (χ0v) is 31.4. The SMILES string of the molecule is CCN(CCCC(=O)NCCCCC(C(=O)O)N(C)CC)c1cc(OC)c(-c2c3ccc(=[N+](C)C)cc-3oc3cc(N(C)C)ccc23)cc1C. The quantitative estimate of drug-likeness (QED) is 0.0803. The van der Waals surface area contributed by atoms with Crippen molar-refractivity contribution in [3.63, 3.8) is 0 Å². The zero-order chi connectivity index (χ0) is 36.5. The number of nitrogens with zero attached hydrogens (tertiary/aromatic N) is 4. The van der Waals surface area contributed by atoms with Crippen LogP contribution in [0.5, 0.6) is 5.75 Å². The number of aliphatic carboxylic acids is 1. The summed E-state index contributed by atoms with van der Waals surface area (Å²) < 4.78 is 14.7. The predicted octanol–water partition coefficient (Wildman–Crippen LogP) is 5.92. The summed E-state index contributed by atoms with van der Waals surface area (Å²) in [6, 6.07) is 16.5. The molecule has 0 spiro atoms. The highest BCUT2D eigenvalue weighted by atomic mass is 16.5. The van der Waals surface area contributed by atoms with Gasteiger partial charge in [-0.05, 0) is 83.0 Å². The number of benzene rings is 3. The van der Waals surface area contributed by atoms with E-state index in [-0.39, 0.29) is 5.91 Å². The van der Waals surface area contributed by atoms with Crippen molar-refractivity contribution in [2.24, 2.45) is 0 Å². The molecule has 4 rings (SSSR count). The normalized spacial score (nSPS) is 12.0. The number of ether oxygens (including phenoxy) is 1. The van der Waals surface area contributed by atoms with E-state index in [0.717, 1.165) is 87.4 Å². The number of carbonyl (C=O) groups is 2. The Hall–Kier alpha value is -4.57. The van der Waals surface area contributed by atoms with Gasteiger partial charge >= 0.3 is 5.97 Å². The lowest BCUT2D eigenvalue weighted by Gasteiger charge is -2.27. The maximum Gasteiger partial charge on any atom is 0.320 e. The second kappa shape index (κ2) is 17.4. The van der Waals surface area contributed by atoms with Gasteiger partial charge in [-0.25, -0.2) is 4.58 Å². The number of hydrogen-bond acceptors (Lipinski definition) is 7. The number of fused-ring (bicyclic) bond motifs is 2. The summed E-state index contributed by atoms with van der Waals surface area (Å²) in [5.74, 6) is 0.811. The van der Waals surface area contributed by atoms with Gasteiger partial charge in [0, 0.05) is 91.8 Å². The molecule has 0 fully saturated rings. The van der Waals surface area contributed by atoms with Crippen LogP contribution in [0.2, 0.25) is 0 Å². The molecular weight excluding hydrogens is 630 g/mol. The highest BCUT2D eigenvalue weighted by Crippen LogP contribution is 2.45. The summed E-state index contributed by atoms with van der Waals surface area (Å²) in [4.78, 5) is 30.4. The summed E-state index contributed by atoms with van der Waals surface area (Å²) in [5, 5.41) is 14.6. The molecule has 270 valence electrons. The van der Waals surface area contributed by atoms with Crippen molar-refractivity contribution >= 4 is 34.2 Å². The molecule has 0 radical (unpaired) electrons. The number of carboxylic acid groups (broad SMARTS) is 1. The number of carbonyl (C=O) groups excluding carboxylic acids is 1. The van der Waals surface area contributed by atoms with E-state index in [9.17, 15) is 14.7 Å². The molecule has 1 aliphatic carbocycles. The highest BCUT2D eigenvalue weighted by Gasteiger charge is 2.23. The molecule has 10 heteroatoms. The Kier molecular flexibility index (Phi) is 13.3. The van der Waals surface area contributed by atoms with Crippen molar-refractivity contribution in [3.05, 3.63) is 59.5 Å². The van der Waals surface area contributed by atoms with E-state index in [1.165, 1.54) is 0 Å². The number of amides is 1. The first-order valence-corrected chi connectivity index (χ1v) is 17.7. The van der Waals surface area contributed by atoms with Crippen LogP contribution in [0, 0.1) is 6.92 Å². The van der Waals surface area contributed by atoms with Gasteiger partial charge in [0.1, 0.15) is 37.2 Å². The van der Waals surface area contributed by atoms with E-state index >= 15 is 0 Å². The number of anilines is 2. The molecule has 0 bridgehead atoms. The minimum Gasteiger partial charge on any atom is -0.496 e. The Balaban J connectivity index is 1.53. The number of carboxylic acids is 1. The highest BCUT2D eigenvalue weighted by molar-refractivity contribution is 6.04. The van der Waals surface area contributed by atoms with Crippen LogP contribution in [0.3, 0.4) is 0 Å². The van der Waals surface area contributed by atoms with E-state index in [1.54, 1.807) is 7.11 Å². The Morgan fingerprint density at radius 2 is 1.72 bits per heavy atom. The fraction of sp³-hybridized carbons (Fsp3) is 0.475. The molecule has 1 atom stereocenters. The molecule has 1 aliphatic heterocycles. The van der Waals surface area contributed by atoms with Gasteiger partial charge in [0.25, 0.3) is 0 Å². The van der Waals surface area contributed by atoms with Gasteiger partial charge in [-0.15, -0.1) is 0 Å². The van der Waals surface area contributed by atoms with Crippen LogP contribution < -0.4 is 29.8 Å². The zero-order valence-electron chi connectivity index (χ0n) is 31.4. The minimum atomic E-state index is -0.795. The first kappa shape index (κ1) is 38.2. The molecule has 2 aromatic carbocycles. The maximum atomic E-state index is 12.6. The van der Waals surface area contributed by atoms with Gasteiger partial charge in [0.2, 0.25) is 11.3 Å². The number of rotatable bonds is 17. The van der Waals surface area contributed by atoms with Crippen molar-refractivity contribution in [3.8, 4) is 28.2 Å². The fourth-order valence-electron chi connectivity index (χ4n) is 6.51. The lowest BCUT2D eigenvalue weighted by Crippen LogP contribution is -2.38. The first-order chi connectivity index (χ1) is 23.9. The average Bonchev–Trinajstić information content (AvgIpc) is 3.09. The molecule has 50 heavy (non-hydrogen) atoms. The van der Waals surface area contributed by atoms with Crippen molar-refractivity contribution in [2.75, 3.05) is 78.3 Å². The van der Waals surface area contributed by atoms with Gasteiger partial charge < -0.3 is 29.4 Å². The molecule has 1 heterocycles. The van der Waals surface area contributed by atoms with E-state index in [0.29, 0.717) is 32.4 Å². The minimum absolute atomic E-state index is 0.0225. The summed E-state index contributed by atoms with van der Waals surface area (Å²) in [5.41, 5.74) is 7.15. The molecule has 0 aromatic heterocycles. The molecule has 0 saturated carbocycles. The monoisotopic (exact) mass is 686 g/mol. The number of likely N-dealkylation sites (N-methyl/N-ethyl adjacent to an activating group) is 1. The lowest BCUT2D eigenvalue weighted by atomic mass is 9.91. The Morgan fingerprint density at radius 1 is 0.960 bits per heavy atom. The smallest absolute Gasteiger partial charge is 0.320 e. The number of methoxy groups -OCH3 is 1. The third-order valence-electron chi connectivity index (χ3n) is 9.61. The molecule has 1 unspecified atom stereocenters. The van der Waals surface area contributed by atoms with Crippen molar-refractivity contribution in [1.29, 1.82) is 0 Å². The topological polar surface area (TPSA) is 102 Å². The lowest BCUT2D eigenvalue weighted by molar-refractivity contribution is -0.143. The van der Waals surface area contributed by atoms with Crippen LogP contribution in [0.1, 0.15) is 51.5 Å². The van der Waals surface area contributed by atoms with Gasteiger partial charge in [-0.2, -0.15) is 0 Å². The van der Waals surface area contributed by atoms with E-state index in [2.05, 4.69) is 82.1 Å². The van der Waals surface area contributed by atoms with Crippen LogP contribution >= 0.6 is 0 Å². The maximum absolute atomic E-state index is 12.6. The average molecular weight is 687 g/mol. The number of unbranched alkanes of at least 4 members (excludes halogenated alkanes) is 1. The third kappa shape index (κ3) is 8.96. The number of hydrogen-bond donors (Lipinski definition) is 2. The van der Waals surface area contributed by atoms with Crippen LogP contribution in [-0.2, 0) is 9.59 Å². The van der Waals surface area contributed by atoms with Crippen LogP contribution in [0.4, 0.5) is 11.4 Å². The van der Waals surface area contributed by atoms with Crippen LogP contribution in [0.15, 0.2) is 52.9 Å². The van der Waals surface area contributed by atoms with Gasteiger partial charge in [-0.1, -0.05) is 6.92 Å². The van der Waals surface area contributed by atoms with Crippen molar-refractivity contribution in [2.45, 2.75) is 58.9 Å². The molecule has 0 saturated heterocycles. The largest absolute Gasteiger partial charge is 0.496 e. The Labute approximate surface area is 297 Å². The molecule has 1 amide bonds. The standard InChI is InChI=1S/C40H55N5O5/c1-10-44(8)33(40(47)48)15-12-13-21-41-38(46)16-14-22-45(11-2)34-26-35(49-9)32(23-27(34)3)39-30-19-17-28(42(4)5)24-36(30)50-37-25-29(43(6)7)18-20-31(37)39/h17-20,23-26,33H,10-16,21-22H2,1-9H3,(H-,41,46,47,48)/p+1. The van der Waals surface area contributed by atoms with Gasteiger partial charge in [-0.3, -0.25) is 14.5 Å². The summed E-state index contributed by atoms with van der Waals surface area (Å²) in [6.45, 7) is 8.98. The first-order valence-electron chi connectivity index (χ1n) is 17.7. The molecule has 2 N–H and O–H groups in total. The second-order valence-corrected chi connectivity index (χ2v) is 13.4. The van der Waals surface area contributed by atoms with Crippen LogP contribution in [-0.4, -0.2) is 96.5 Å². The van der Waals surface area contributed by atoms with Crippen molar-refractivity contribution < 1.29 is 23.8 Å². The van der Waals surface area contributed by atoms with E-state index < -0.39 is 12.0 Å². The fourth-order valence-corrected chi connectivity index (χ4v) is 6.51. The van der Waals surface area contributed by atoms with Crippen LogP contribution in [0.25, 0.3) is 33.4 Å². The van der Waals surface area contributed by atoms with E-state index in [4.69, 9.17) is 9.15 Å². The third-order valence-corrected chi connectivity index (χ3v) is 9.61. The van der Waals surface area contributed by atoms with E-state index in [1.807, 2.05) is 47.1 Å². The second-order valence-electron chi connectivity index (χ2n) is 13.4. The molecule has 2 aliphatic rings. The Bertz CT molecular complexity index is 1830.